The van der Waals surface area contributed by atoms with Crippen molar-refractivity contribution in [3.8, 4) is 0 Å². The molecule has 4 rings (SSSR count). The highest BCUT2D eigenvalue weighted by Crippen LogP contribution is 2.29. The zero-order chi connectivity index (χ0) is 23.7. The molecule has 9 nitrogen and oxygen atoms in total. The number of anilines is 1. The van der Waals surface area contributed by atoms with Crippen LogP contribution in [0.2, 0.25) is 0 Å². The maximum absolute atomic E-state index is 14.6. The van der Waals surface area contributed by atoms with Crippen LogP contribution in [0.1, 0.15) is 41.0 Å². The molecule has 3 aromatic rings. The normalized spacial score (nSPS) is 15.2. The van der Waals surface area contributed by atoms with Gasteiger partial charge < -0.3 is 15.0 Å². The Hall–Kier alpha value is -3.54. The summed E-state index contributed by atoms with van der Waals surface area (Å²) in [5.41, 5.74) is -1.26. The van der Waals surface area contributed by atoms with Gasteiger partial charge in [0.1, 0.15) is 5.82 Å². The number of aromatic nitrogens is 4. The molecule has 1 fully saturated rings. The predicted molar refractivity (Wildman–Crippen MR) is 113 cm³/mol. The van der Waals surface area contributed by atoms with Gasteiger partial charge in [-0.15, -0.1) is 10.2 Å². The fraction of sp³-hybridized carbons (Fsp3) is 0.381. The van der Waals surface area contributed by atoms with E-state index in [2.05, 4.69) is 20.6 Å². The van der Waals surface area contributed by atoms with Crippen molar-refractivity contribution in [1.29, 1.82) is 0 Å². The number of fused-ring (bicyclic) bond motifs is 1. The van der Waals surface area contributed by atoms with Crippen molar-refractivity contribution in [3.05, 3.63) is 57.3 Å². The summed E-state index contributed by atoms with van der Waals surface area (Å²) in [6, 6.07) is 4.36. The lowest BCUT2D eigenvalue weighted by Crippen LogP contribution is -2.41. The molecule has 1 amide bonds. The molecular formula is C21H21F3N6O3. The molecule has 0 spiro atoms. The number of morpholine rings is 1. The largest absolute Gasteiger partial charge is 0.378 e. The van der Waals surface area contributed by atoms with Crippen molar-refractivity contribution in [2.45, 2.75) is 19.4 Å². The Balaban J connectivity index is 1.74. The maximum atomic E-state index is 14.6. The highest BCUT2D eigenvalue weighted by Gasteiger charge is 2.24. The lowest BCUT2D eigenvalue weighted by atomic mass is 10.0. The van der Waals surface area contributed by atoms with Gasteiger partial charge in [0.25, 0.3) is 17.9 Å². The van der Waals surface area contributed by atoms with E-state index in [0.29, 0.717) is 26.3 Å². The topological polar surface area (TPSA) is 102 Å². The minimum Gasteiger partial charge on any atom is -0.378 e. The number of alkyl halides is 2. The molecule has 0 radical (unpaired) electrons. The van der Waals surface area contributed by atoms with Gasteiger partial charge in [0.15, 0.2) is 17.0 Å². The highest BCUT2D eigenvalue weighted by atomic mass is 19.3. The van der Waals surface area contributed by atoms with E-state index >= 15 is 0 Å². The lowest BCUT2D eigenvalue weighted by Gasteiger charge is -2.26. The summed E-state index contributed by atoms with van der Waals surface area (Å²) in [5.74, 6) is -1.26. The van der Waals surface area contributed by atoms with Gasteiger partial charge in [0.2, 0.25) is 0 Å². The highest BCUT2D eigenvalue weighted by molar-refractivity contribution is 5.97. The number of aryl methyl sites for hydroxylation is 1. The fourth-order valence-corrected chi connectivity index (χ4v) is 3.63. The van der Waals surface area contributed by atoms with Crippen molar-refractivity contribution < 1.29 is 22.7 Å². The van der Waals surface area contributed by atoms with E-state index in [1.807, 2.05) is 0 Å². The minimum absolute atomic E-state index is 0.00300. The van der Waals surface area contributed by atoms with Crippen LogP contribution in [0.5, 0.6) is 0 Å². The monoisotopic (exact) mass is 462 g/mol. The molecule has 12 heteroatoms. The van der Waals surface area contributed by atoms with Crippen LogP contribution in [-0.2, 0) is 11.8 Å². The minimum atomic E-state index is -2.96. The summed E-state index contributed by atoms with van der Waals surface area (Å²) in [4.78, 5) is 26.9. The summed E-state index contributed by atoms with van der Waals surface area (Å²) >= 11 is 0. The Bertz CT molecular complexity index is 1260. The summed E-state index contributed by atoms with van der Waals surface area (Å²) in [6.07, 6.45) is -2.96. The molecule has 3 heterocycles. The van der Waals surface area contributed by atoms with E-state index in [0.717, 1.165) is 10.7 Å². The molecule has 0 unspecified atom stereocenters. The van der Waals surface area contributed by atoms with Gasteiger partial charge in [-0.3, -0.25) is 9.59 Å². The van der Waals surface area contributed by atoms with Gasteiger partial charge in [0.05, 0.1) is 30.2 Å². The Morgan fingerprint density at radius 1 is 1.18 bits per heavy atom. The van der Waals surface area contributed by atoms with E-state index in [-0.39, 0.29) is 33.9 Å². The molecule has 2 aromatic heterocycles. The van der Waals surface area contributed by atoms with Crippen LogP contribution in [0.25, 0.3) is 10.9 Å². The van der Waals surface area contributed by atoms with E-state index < -0.39 is 29.4 Å². The molecule has 1 aliphatic heterocycles. The predicted octanol–water partition coefficient (Wildman–Crippen LogP) is 2.45. The van der Waals surface area contributed by atoms with Crippen LogP contribution in [0.4, 0.5) is 19.0 Å². The summed E-state index contributed by atoms with van der Waals surface area (Å²) in [6.45, 7) is 3.18. The van der Waals surface area contributed by atoms with Gasteiger partial charge in [-0.2, -0.15) is 5.10 Å². The van der Waals surface area contributed by atoms with Crippen molar-refractivity contribution in [3.63, 3.8) is 0 Å². The third-order valence-electron chi connectivity index (χ3n) is 5.43. The Morgan fingerprint density at radius 3 is 2.58 bits per heavy atom. The second-order valence-electron chi connectivity index (χ2n) is 7.59. The van der Waals surface area contributed by atoms with Crippen molar-refractivity contribution >= 4 is 22.6 Å². The van der Waals surface area contributed by atoms with Gasteiger partial charge >= 0.3 is 0 Å². The molecule has 33 heavy (non-hydrogen) atoms. The Kier molecular flexibility index (Phi) is 6.27. The van der Waals surface area contributed by atoms with Gasteiger partial charge in [-0.05, 0) is 13.0 Å². The number of nitrogens with one attached hydrogen (secondary N) is 1. The number of halogens is 3. The van der Waals surface area contributed by atoms with Crippen LogP contribution >= 0.6 is 0 Å². The Morgan fingerprint density at radius 2 is 1.88 bits per heavy atom. The molecule has 1 N–H and O–H groups in total. The molecule has 0 aliphatic carbocycles. The quantitative estimate of drug-likeness (QED) is 0.621. The number of ether oxygens (including phenoxy) is 1. The SMILES string of the molecule is C[C@@H](Nc1nn(C)c(=O)c2nnc(C(=O)N3CCOCC3)cc12)c1cccc(C(F)F)c1F. The number of hydrogen-bond donors (Lipinski definition) is 1. The van der Waals surface area contributed by atoms with E-state index in [1.165, 1.54) is 25.2 Å². The first-order valence-corrected chi connectivity index (χ1v) is 10.2. The van der Waals surface area contributed by atoms with Crippen LogP contribution in [-0.4, -0.2) is 57.1 Å². The first-order chi connectivity index (χ1) is 15.8. The summed E-state index contributed by atoms with van der Waals surface area (Å²) in [7, 11) is 1.41. The molecule has 1 aromatic carbocycles. The maximum Gasteiger partial charge on any atom is 0.295 e. The first-order valence-electron chi connectivity index (χ1n) is 10.2. The van der Waals surface area contributed by atoms with Gasteiger partial charge in [-0.1, -0.05) is 18.2 Å². The van der Waals surface area contributed by atoms with E-state index in [1.54, 1.807) is 11.8 Å². The van der Waals surface area contributed by atoms with Crippen LogP contribution < -0.4 is 10.9 Å². The van der Waals surface area contributed by atoms with Gasteiger partial charge in [-0.25, -0.2) is 17.9 Å². The number of nitrogens with zero attached hydrogens (tertiary/aromatic N) is 5. The number of carbonyl (C=O) groups is 1. The fourth-order valence-electron chi connectivity index (χ4n) is 3.63. The van der Waals surface area contributed by atoms with E-state index in [4.69, 9.17) is 4.74 Å². The lowest BCUT2D eigenvalue weighted by molar-refractivity contribution is 0.0298. The Labute approximate surface area is 186 Å². The summed E-state index contributed by atoms with van der Waals surface area (Å²) in [5, 5.41) is 15.2. The van der Waals surface area contributed by atoms with Crippen LogP contribution in [0.15, 0.2) is 29.1 Å². The third kappa shape index (κ3) is 4.38. The first kappa shape index (κ1) is 22.6. The number of benzene rings is 1. The molecule has 174 valence electrons. The molecule has 0 saturated carbocycles. The number of rotatable bonds is 5. The second kappa shape index (κ2) is 9.14. The van der Waals surface area contributed by atoms with Crippen LogP contribution in [0, 0.1) is 5.82 Å². The van der Waals surface area contributed by atoms with Gasteiger partial charge in [0, 0.05) is 25.7 Å². The molecular weight excluding hydrogens is 441 g/mol. The number of hydrogen-bond acceptors (Lipinski definition) is 7. The smallest absolute Gasteiger partial charge is 0.295 e. The third-order valence-corrected chi connectivity index (χ3v) is 5.43. The van der Waals surface area contributed by atoms with Crippen molar-refractivity contribution in [2.75, 3.05) is 31.6 Å². The average Bonchev–Trinajstić information content (AvgIpc) is 2.82. The zero-order valence-corrected chi connectivity index (χ0v) is 17.9. The molecule has 0 bridgehead atoms. The average molecular weight is 462 g/mol. The molecule has 1 atom stereocenters. The standard InChI is InChI=1S/C21H21F3N6O3/c1-11(12-4-3-5-13(16(12)22)18(23)24)25-19-14-10-15(20(31)30-6-8-33-9-7-30)26-27-17(14)21(32)29(2)28-19/h3-5,10-11,18H,6-9H2,1-2H3,(H,25,28)/t11-/m1/s1. The zero-order valence-electron chi connectivity index (χ0n) is 17.9. The summed E-state index contributed by atoms with van der Waals surface area (Å²) < 4.78 is 47.1. The van der Waals surface area contributed by atoms with E-state index in [9.17, 15) is 22.8 Å². The van der Waals surface area contributed by atoms with Crippen molar-refractivity contribution in [2.24, 2.45) is 7.05 Å². The molecule has 1 aliphatic rings. The second-order valence-corrected chi connectivity index (χ2v) is 7.59. The van der Waals surface area contributed by atoms with Crippen molar-refractivity contribution in [1.82, 2.24) is 24.9 Å². The number of amides is 1. The van der Waals surface area contributed by atoms with Crippen LogP contribution in [0.3, 0.4) is 0 Å². The number of carbonyl (C=O) groups excluding carboxylic acids is 1. The molecule has 1 saturated heterocycles.